The first-order valence-electron chi connectivity index (χ1n) is 5.22. The third-order valence-corrected chi connectivity index (χ3v) is 2.46. The van der Waals surface area contributed by atoms with Gasteiger partial charge in [-0.25, -0.2) is 4.39 Å². The molecule has 0 fully saturated rings. The maximum atomic E-state index is 13.1. The van der Waals surface area contributed by atoms with Gasteiger partial charge in [-0.15, -0.1) is 0 Å². The Labute approximate surface area is 99.3 Å². The van der Waals surface area contributed by atoms with Crippen LogP contribution in [0, 0.1) is 24.1 Å². The van der Waals surface area contributed by atoms with Crippen molar-refractivity contribution in [2.45, 2.75) is 6.92 Å². The van der Waals surface area contributed by atoms with E-state index in [1.54, 1.807) is 31.2 Å². The van der Waals surface area contributed by atoms with E-state index in [2.05, 4.69) is 11.4 Å². The molecule has 84 valence electrons. The maximum absolute atomic E-state index is 13.1. The number of nitrogens with one attached hydrogen (secondary N) is 1. The Hall–Kier alpha value is -2.34. The lowest BCUT2D eigenvalue weighted by atomic mass is 10.2. The first-order chi connectivity index (χ1) is 8.19. The van der Waals surface area contributed by atoms with Crippen LogP contribution >= 0.6 is 0 Å². The fourth-order valence-corrected chi connectivity index (χ4v) is 1.52. The van der Waals surface area contributed by atoms with Gasteiger partial charge < -0.3 is 5.32 Å². The number of hydrogen-bond acceptors (Lipinski definition) is 2. The van der Waals surface area contributed by atoms with E-state index in [9.17, 15) is 4.39 Å². The van der Waals surface area contributed by atoms with Crippen molar-refractivity contribution in [3.05, 3.63) is 59.4 Å². The Morgan fingerprint density at radius 1 is 1.06 bits per heavy atom. The van der Waals surface area contributed by atoms with Crippen molar-refractivity contribution in [2.75, 3.05) is 5.32 Å². The molecule has 3 heteroatoms. The summed E-state index contributed by atoms with van der Waals surface area (Å²) in [5.74, 6) is -0.213. The van der Waals surface area contributed by atoms with Crippen LogP contribution in [-0.2, 0) is 0 Å². The molecule has 2 nitrogen and oxygen atoms in total. The van der Waals surface area contributed by atoms with Gasteiger partial charge in [0.2, 0.25) is 0 Å². The summed E-state index contributed by atoms with van der Waals surface area (Å²) < 4.78 is 13.1. The predicted molar refractivity (Wildman–Crippen MR) is 65.6 cm³/mol. The predicted octanol–water partition coefficient (Wildman–Crippen LogP) is 3.75. The van der Waals surface area contributed by atoms with Crippen LogP contribution in [0.5, 0.6) is 0 Å². The number of anilines is 2. The third kappa shape index (κ3) is 2.61. The molecule has 0 atom stereocenters. The number of nitrogens with zero attached hydrogens (tertiary/aromatic N) is 1. The zero-order valence-corrected chi connectivity index (χ0v) is 9.37. The molecule has 0 aliphatic carbocycles. The second kappa shape index (κ2) is 4.67. The Morgan fingerprint density at radius 3 is 2.29 bits per heavy atom. The molecule has 0 saturated carbocycles. The molecule has 1 N–H and O–H groups in total. The van der Waals surface area contributed by atoms with Crippen LogP contribution in [0.2, 0.25) is 0 Å². The monoisotopic (exact) mass is 226 g/mol. The van der Waals surface area contributed by atoms with Crippen molar-refractivity contribution in [1.29, 1.82) is 5.26 Å². The quantitative estimate of drug-likeness (QED) is 0.846. The van der Waals surface area contributed by atoms with Crippen molar-refractivity contribution < 1.29 is 4.39 Å². The molecule has 2 aromatic carbocycles. The van der Waals surface area contributed by atoms with Crippen molar-refractivity contribution in [2.24, 2.45) is 0 Å². The molecule has 2 aromatic rings. The zero-order valence-electron chi connectivity index (χ0n) is 9.37. The smallest absolute Gasteiger partial charge is 0.126 e. The fourth-order valence-electron chi connectivity index (χ4n) is 1.52. The molecule has 0 heterocycles. The largest absolute Gasteiger partial charge is 0.356 e. The van der Waals surface area contributed by atoms with E-state index in [1.807, 2.05) is 12.1 Å². The van der Waals surface area contributed by atoms with Crippen LogP contribution < -0.4 is 5.32 Å². The highest BCUT2D eigenvalue weighted by molar-refractivity contribution is 5.61. The molecular weight excluding hydrogens is 215 g/mol. The minimum Gasteiger partial charge on any atom is -0.356 e. The molecule has 0 aromatic heterocycles. The van der Waals surface area contributed by atoms with Gasteiger partial charge in [-0.1, -0.05) is 0 Å². The summed E-state index contributed by atoms with van der Waals surface area (Å²) in [7, 11) is 0. The lowest BCUT2D eigenvalue weighted by molar-refractivity contribution is 0.619. The third-order valence-electron chi connectivity index (χ3n) is 2.46. The van der Waals surface area contributed by atoms with Crippen molar-refractivity contribution >= 4 is 11.4 Å². The highest BCUT2D eigenvalue weighted by Gasteiger charge is 1.99. The van der Waals surface area contributed by atoms with Gasteiger partial charge in [0.25, 0.3) is 0 Å². The van der Waals surface area contributed by atoms with Gasteiger partial charge >= 0.3 is 0 Å². The van der Waals surface area contributed by atoms with E-state index in [4.69, 9.17) is 5.26 Å². The molecule has 0 spiro atoms. The van der Waals surface area contributed by atoms with E-state index in [-0.39, 0.29) is 5.82 Å². The SMILES string of the molecule is Cc1cc(Nc2ccc(C#N)cc2)ccc1F. The van der Waals surface area contributed by atoms with Gasteiger partial charge in [-0.3, -0.25) is 0 Å². The second-order valence-corrected chi connectivity index (χ2v) is 3.78. The van der Waals surface area contributed by atoms with Crippen LogP contribution in [0.3, 0.4) is 0 Å². The van der Waals surface area contributed by atoms with E-state index in [1.165, 1.54) is 6.07 Å². The summed E-state index contributed by atoms with van der Waals surface area (Å²) in [6.45, 7) is 1.72. The van der Waals surface area contributed by atoms with Crippen molar-refractivity contribution in [3.8, 4) is 6.07 Å². The molecule has 0 radical (unpaired) electrons. The Bertz CT molecular complexity index is 568. The number of rotatable bonds is 2. The van der Waals surface area contributed by atoms with Gasteiger partial charge in [0.1, 0.15) is 5.82 Å². The molecule has 0 aliphatic heterocycles. The van der Waals surface area contributed by atoms with Gasteiger partial charge in [0.15, 0.2) is 0 Å². The summed E-state index contributed by atoms with van der Waals surface area (Å²) in [4.78, 5) is 0. The Kier molecular flexibility index (Phi) is 3.06. The summed E-state index contributed by atoms with van der Waals surface area (Å²) >= 11 is 0. The normalized spacial score (nSPS) is 9.71. The van der Waals surface area contributed by atoms with Crippen molar-refractivity contribution in [3.63, 3.8) is 0 Å². The highest BCUT2D eigenvalue weighted by atomic mass is 19.1. The number of nitriles is 1. The van der Waals surface area contributed by atoms with Gasteiger partial charge in [0.05, 0.1) is 11.6 Å². The molecule has 0 aliphatic rings. The molecule has 2 rings (SSSR count). The first kappa shape index (κ1) is 11.2. The highest BCUT2D eigenvalue weighted by Crippen LogP contribution is 2.19. The zero-order chi connectivity index (χ0) is 12.3. The van der Waals surface area contributed by atoms with Crippen LogP contribution in [0.1, 0.15) is 11.1 Å². The molecule has 0 amide bonds. The molecule has 0 saturated heterocycles. The van der Waals surface area contributed by atoms with Crippen LogP contribution in [0.4, 0.5) is 15.8 Å². The summed E-state index contributed by atoms with van der Waals surface area (Å²) in [5, 5.41) is 11.8. The van der Waals surface area contributed by atoms with Gasteiger partial charge in [-0.05, 0) is 55.0 Å². The van der Waals surface area contributed by atoms with Gasteiger partial charge in [0, 0.05) is 11.4 Å². The summed E-state index contributed by atoms with van der Waals surface area (Å²) in [5.41, 5.74) is 2.91. The molecule has 0 unspecified atom stereocenters. The van der Waals surface area contributed by atoms with E-state index in [0.29, 0.717) is 11.1 Å². The maximum Gasteiger partial charge on any atom is 0.126 e. The van der Waals surface area contributed by atoms with Crippen LogP contribution in [0.25, 0.3) is 0 Å². The molecule has 17 heavy (non-hydrogen) atoms. The van der Waals surface area contributed by atoms with Gasteiger partial charge in [-0.2, -0.15) is 5.26 Å². The average molecular weight is 226 g/mol. The number of halogens is 1. The molecular formula is C14H11FN2. The Morgan fingerprint density at radius 2 is 1.71 bits per heavy atom. The van der Waals surface area contributed by atoms with Crippen LogP contribution in [0.15, 0.2) is 42.5 Å². The van der Waals surface area contributed by atoms with E-state index >= 15 is 0 Å². The summed E-state index contributed by atoms with van der Waals surface area (Å²) in [6, 6.07) is 14.0. The minimum atomic E-state index is -0.213. The van der Waals surface area contributed by atoms with E-state index < -0.39 is 0 Å². The standard InChI is InChI=1S/C14H11FN2/c1-10-8-13(6-7-14(10)15)17-12-4-2-11(9-16)3-5-12/h2-8,17H,1H3. The first-order valence-corrected chi connectivity index (χ1v) is 5.22. The van der Waals surface area contributed by atoms with Crippen molar-refractivity contribution in [1.82, 2.24) is 0 Å². The number of aryl methyl sites for hydroxylation is 1. The average Bonchev–Trinajstić information content (AvgIpc) is 2.35. The number of hydrogen-bond donors (Lipinski definition) is 1. The van der Waals surface area contributed by atoms with E-state index in [0.717, 1.165) is 11.4 Å². The topological polar surface area (TPSA) is 35.8 Å². The number of benzene rings is 2. The lowest BCUT2D eigenvalue weighted by Gasteiger charge is -2.07. The second-order valence-electron chi connectivity index (χ2n) is 3.78. The molecule has 0 bridgehead atoms. The minimum absolute atomic E-state index is 0.213. The Balaban J connectivity index is 2.20. The van der Waals surface area contributed by atoms with Crippen LogP contribution in [-0.4, -0.2) is 0 Å². The lowest BCUT2D eigenvalue weighted by Crippen LogP contribution is -1.92. The fraction of sp³-hybridized carbons (Fsp3) is 0.0714. The summed E-state index contributed by atoms with van der Waals surface area (Å²) in [6.07, 6.45) is 0.